The lowest BCUT2D eigenvalue weighted by Crippen LogP contribution is -2.28. The first-order valence-corrected chi connectivity index (χ1v) is 6.62. The number of hydrogen-bond acceptors (Lipinski definition) is 4. The number of nitrogens with one attached hydrogen (secondary N) is 3. The van der Waals surface area contributed by atoms with E-state index in [2.05, 4.69) is 16.2 Å². The van der Waals surface area contributed by atoms with E-state index in [-0.39, 0.29) is 18.7 Å². The molecule has 0 saturated carbocycles. The number of carbonyl (C=O) groups is 3. The first-order chi connectivity index (χ1) is 10.0. The highest BCUT2D eigenvalue weighted by Crippen LogP contribution is 2.27. The van der Waals surface area contributed by atoms with Crippen molar-refractivity contribution in [2.75, 3.05) is 12.4 Å². The summed E-state index contributed by atoms with van der Waals surface area (Å²) in [5, 5.41) is 3.02. The fraction of sp³-hybridized carbons (Fsp3) is 0.308. The molecule has 1 saturated heterocycles. The van der Waals surface area contributed by atoms with Crippen LogP contribution in [-0.2, 0) is 14.4 Å². The highest BCUT2D eigenvalue weighted by molar-refractivity contribution is 6.32. The molecular weight excluding hydrogens is 298 g/mol. The van der Waals surface area contributed by atoms with E-state index in [1.54, 1.807) is 18.2 Å². The van der Waals surface area contributed by atoms with Crippen molar-refractivity contribution in [1.82, 2.24) is 10.9 Å². The number of carbonyl (C=O) groups excluding carboxylic acids is 3. The van der Waals surface area contributed by atoms with Gasteiger partial charge in [-0.25, -0.2) is 0 Å². The number of ether oxygens (including phenoxy) is 1. The summed E-state index contributed by atoms with van der Waals surface area (Å²) < 4.78 is 5.01. The molecule has 0 bridgehead atoms. The standard InChI is InChI=1S/C13H14ClN3O4/c1-21-10-4-2-7(6-9(10)14)15-11(18)5-3-8-12(19)16-17-13(8)20/h2,4,6,8H,3,5H2,1H3,(H,15,18)(H,16,19)(H,17,20). The van der Waals surface area contributed by atoms with Crippen LogP contribution in [0.3, 0.4) is 0 Å². The third-order valence-corrected chi connectivity index (χ3v) is 3.33. The van der Waals surface area contributed by atoms with Crippen LogP contribution in [0.4, 0.5) is 5.69 Å². The average Bonchev–Trinajstić information content (AvgIpc) is 2.76. The molecule has 1 fully saturated rings. The molecule has 1 aliphatic rings. The lowest BCUT2D eigenvalue weighted by atomic mass is 10.0. The van der Waals surface area contributed by atoms with Gasteiger partial charge in [0.05, 0.1) is 12.1 Å². The molecule has 1 aromatic rings. The van der Waals surface area contributed by atoms with Gasteiger partial charge in [0.25, 0.3) is 11.8 Å². The molecular formula is C13H14ClN3O4. The van der Waals surface area contributed by atoms with Gasteiger partial charge in [-0.2, -0.15) is 0 Å². The van der Waals surface area contributed by atoms with E-state index in [9.17, 15) is 14.4 Å². The third-order valence-electron chi connectivity index (χ3n) is 3.04. The van der Waals surface area contributed by atoms with Gasteiger partial charge < -0.3 is 10.1 Å². The predicted octanol–water partition coefficient (Wildman–Crippen LogP) is 0.845. The Hall–Kier alpha value is -2.28. The highest BCUT2D eigenvalue weighted by Gasteiger charge is 2.32. The Morgan fingerprint density at radius 1 is 1.33 bits per heavy atom. The van der Waals surface area contributed by atoms with Crippen LogP contribution in [0.15, 0.2) is 18.2 Å². The summed E-state index contributed by atoms with van der Waals surface area (Å²) in [7, 11) is 1.50. The highest BCUT2D eigenvalue weighted by atomic mass is 35.5. The van der Waals surface area contributed by atoms with E-state index < -0.39 is 17.7 Å². The lowest BCUT2D eigenvalue weighted by Gasteiger charge is -2.08. The fourth-order valence-electron chi connectivity index (χ4n) is 1.92. The van der Waals surface area contributed by atoms with Crippen molar-refractivity contribution in [3.8, 4) is 5.75 Å². The Morgan fingerprint density at radius 2 is 2.00 bits per heavy atom. The zero-order valence-electron chi connectivity index (χ0n) is 11.2. The van der Waals surface area contributed by atoms with Gasteiger partial charge in [0.1, 0.15) is 11.7 Å². The molecule has 7 nitrogen and oxygen atoms in total. The molecule has 0 atom stereocenters. The summed E-state index contributed by atoms with van der Waals surface area (Å²) in [6, 6.07) is 4.85. The van der Waals surface area contributed by atoms with Gasteiger partial charge >= 0.3 is 0 Å². The van der Waals surface area contributed by atoms with Gasteiger partial charge in [-0.1, -0.05) is 11.6 Å². The molecule has 3 amide bonds. The minimum absolute atomic E-state index is 0.0507. The van der Waals surface area contributed by atoms with E-state index in [0.717, 1.165) is 0 Å². The molecule has 0 spiro atoms. The molecule has 0 unspecified atom stereocenters. The largest absolute Gasteiger partial charge is 0.495 e. The monoisotopic (exact) mass is 311 g/mol. The van der Waals surface area contributed by atoms with Crippen LogP contribution in [-0.4, -0.2) is 24.8 Å². The molecule has 0 radical (unpaired) electrons. The quantitative estimate of drug-likeness (QED) is 0.702. The smallest absolute Gasteiger partial charge is 0.251 e. The second-order valence-electron chi connectivity index (χ2n) is 4.47. The van der Waals surface area contributed by atoms with Crippen LogP contribution in [0.1, 0.15) is 12.8 Å². The van der Waals surface area contributed by atoms with E-state index in [1.807, 2.05) is 0 Å². The number of halogens is 1. The first kappa shape index (κ1) is 15.1. The first-order valence-electron chi connectivity index (χ1n) is 6.24. The van der Waals surface area contributed by atoms with Crippen molar-refractivity contribution in [1.29, 1.82) is 0 Å². The van der Waals surface area contributed by atoms with Crippen molar-refractivity contribution < 1.29 is 19.1 Å². The minimum atomic E-state index is -0.824. The van der Waals surface area contributed by atoms with Crippen molar-refractivity contribution >= 4 is 35.0 Å². The maximum absolute atomic E-state index is 11.8. The SMILES string of the molecule is COc1ccc(NC(=O)CCC2C(=O)NNC2=O)cc1Cl. The molecule has 112 valence electrons. The number of anilines is 1. The van der Waals surface area contributed by atoms with Crippen LogP contribution in [0.2, 0.25) is 5.02 Å². The van der Waals surface area contributed by atoms with Crippen molar-refractivity contribution in [3.05, 3.63) is 23.2 Å². The molecule has 1 aliphatic heterocycles. The number of hydrazine groups is 1. The summed E-state index contributed by atoms with van der Waals surface area (Å²) in [5.41, 5.74) is 4.94. The summed E-state index contributed by atoms with van der Waals surface area (Å²) in [6.45, 7) is 0. The van der Waals surface area contributed by atoms with Gasteiger partial charge in [0.2, 0.25) is 5.91 Å². The Balaban J connectivity index is 1.88. The van der Waals surface area contributed by atoms with E-state index in [0.29, 0.717) is 16.5 Å². The van der Waals surface area contributed by atoms with E-state index in [4.69, 9.17) is 16.3 Å². The van der Waals surface area contributed by atoms with Crippen LogP contribution >= 0.6 is 11.6 Å². The normalized spacial score (nSPS) is 14.6. The van der Waals surface area contributed by atoms with Crippen LogP contribution in [0.5, 0.6) is 5.75 Å². The number of rotatable bonds is 5. The second-order valence-corrected chi connectivity index (χ2v) is 4.87. The Labute approximate surface area is 126 Å². The molecule has 0 aromatic heterocycles. The maximum atomic E-state index is 11.8. The summed E-state index contributed by atoms with van der Waals surface area (Å²) >= 11 is 5.95. The molecule has 1 aromatic carbocycles. The number of methoxy groups -OCH3 is 1. The zero-order valence-corrected chi connectivity index (χ0v) is 12.0. The Morgan fingerprint density at radius 3 is 2.57 bits per heavy atom. The number of hydrogen-bond donors (Lipinski definition) is 3. The molecule has 21 heavy (non-hydrogen) atoms. The van der Waals surface area contributed by atoms with Gasteiger partial charge in [-0.05, 0) is 24.6 Å². The Kier molecular flexibility index (Phi) is 4.64. The lowest BCUT2D eigenvalue weighted by molar-refractivity contribution is -0.128. The molecule has 1 heterocycles. The van der Waals surface area contributed by atoms with Crippen LogP contribution in [0.25, 0.3) is 0 Å². The Bertz CT molecular complexity index is 575. The average molecular weight is 312 g/mol. The maximum Gasteiger partial charge on any atom is 0.251 e. The summed E-state index contributed by atoms with van der Waals surface area (Å²) in [6.07, 6.45) is 0.197. The molecule has 8 heteroatoms. The van der Waals surface area contributed by atoms with Gasteiger partial charge in [0.15, 0.2) is 0 Å². The fourth-order valence-corrected chi connectivity index (χ4v) is 2.18. The molecule has 0 aliphatic carbocycles. The summed E-state index contributed by atoms with van der Waals surface area (Å²) in [4.78, 5) is 34.4. The van der Waals surface area contributed by atoms with Crippen LogP contribution < -0.4 is 20.9 Å². The van der Waals surface area contributed by atoms with Crippen molar-refractivity contribution in [3.63, 3.8) is 0 Å². The topological polar surface area (TPSA) is 96.5 Å². The number of benzene rings is 1. The molecule has 2 rings (SSSR count). The predicted molar refractivity (Wildman–Crippen MR) is 75.6 cm³/mol. The van der Waals surface area contributed by atoms with Gasteiger partial charge in [-0.15, -0.1) is 0 Å². The minimum Gasteiger partial charge on any atom is -0.495 e. The molecule has 3 N–H and O–H groups in total. The van der Waals surface area contributed by atoms with Crippen molar-refractivity contribution in [2.24, 2.45) is 5.92 Å². The second kappa shape index (κ2) is 6.45. The van der Waals surface area contributed by atoms with Gasteiger partial charge in [0, 0.05) is 12.1 Å². The van der Waals surface area contributed by atoms with E-state index >= 15 is 0 Å². The third kappa shape index (κ3) is 3.63. The van der Waals surface area contributed by atoms with Gasteiger partial charge in [-0.3, -0.25) is 25.2 Å². The van der Waals surface area contributed by atoms with Crippen LogP contribution in [0, 0.1) is 5.92 Å². The number of amides is 3. The zero-order chi connectivity index (χ0) is 15.4. The van der Waals surface area contributed by atoms with E-state index in [1.165, 1.54) is 7.11 Å². The summed E-state index contributed by atoms with van der Waals surface area (Å²) in [5.74, 6) is -1.45. The van der Waals surface area contributed by atoms with Crippen molar-refractivity contribution in [2.45, 2.75) is 12.8 Å².